The van der Waals surface area contributed by atoms with E-state index in [2.05, 4.69) is 15.9 Å². The van der Waals surface area contributed by atoms with Crippen LogP contribution in [0.15, 0.2) is 34.8 Å². The molecule has 0 aromatic heterocycles. The van der Waals surface area contributed by atoms with Crippen LogP contribution in [0.5, 0.6) is 5.75 Å². The second kappa shape index (κ2) is 15.7. The number of esters is 1. The summed E-state index contributed by atoms with van der Waals surface area (Å²) in [7, 11) is 1.59. The number of piperidine rings is 1. The molecule has 0 N–H and O–H groups in total. The molecule has 9 nitrogen and oxygen atoms in total. The Hall–Kier alpha value is -3.18. The molecule has 2 aromatic carbocycles. The zero-order chi connectivity index (χ0) is 32.6. The van der Waals surface area contributed by atoms with Gasteiger partial charge in [0.15, 0.2) is 0 Å². The van der Waals surface area contributed by atoms with Gasteiger partial charge in [0.1, 0.15) is 17.2 Å². The van der Waals surface area contributed by atoms with E-state index < -0.39 is 23.5 Å². The summed E-state index contributed by atoms with van der Waals surface area (Å²) < 4.78 is 37.6. The summed E-state index contributed by atoms with van der Waals surface area (Å²) in [5.74, 6) is -1.09. The molecule has 1 atom stereocenters. The molecule has 242 valence electrons. The molecule has 44 heavy (non-hydrogen) atoms. The number of hydrogen-bond donors (Lipinski definition) is 0. The van der Waals surface area contributed by atoms with Gasteiger partial charge in [-0.05, 0) is 101 Å². The SMILES string of the molecule is CCOC(=O)c1ccc(F)c(-c2cc(Br)c(C(=O)N(C(C)C)[C@@H]3CCCN(C(=O)OC(C)(C)C)C3)cc2OCCCOC)c1. The molecule has 2 amide bonds. The summed E-state index contributed by atoms with van der Waals surface area (Å²) >= 11 is 3.56. The Kier molecular flexibility index (Phi) is 12.6. The Labute approximate surface area is 268 Å². The van der Waals surface area contributed by atoms with E-state index in [-0.39, 0.29) is 48.1 Å². The fraction of sp³-hybridized carbons (Fsp3) is 0.545. The molecule has 0 aliphatic carbocycles. The Morgan fingerprint density at radius 3 is 2.48 bits per heavy atom. The van der Waals surface area contributed by atoms with Crippen LogP contribution in [-0.2, 0) is 14.2 Å². The first-order valence-corrected chi connectivity index (χ1v) is 15.8. The van der Waals surface area contributed by atoms with E-state index in [0.717, 1.165) is 12.8 Å². The van der Waals surface area contributed by atoms with Crippen LogP contribution in [-0.4, -0.2) is 85.5 Å². The summed E-state index contributed by atoms with van der Waals surface area (Å²) in [6.45, 7) is 12.9. The summed E-state index contributed by atoms with van der Waals surface area (Å²) in [5.41, 5.74) is 0.416. The molecular formula is C33H44BrFN2O7. The molecule has 0 spiro atoms. The molecule has 0 unspecified atom stereocenters. The maximum absolute atomic E-state index is 15.2. The monoisotopic (exact) mass is 678 g/mol. The Bertz CT molecular complexity index is 1330. The summed E-state index contributed by atoms with van der Waals surface area (Å²) in [6.07, 6.45) is 1.62. The van der Waals surface area contributed by atoms with Crippen molar-refractivity contribution >= 4 is 33.9 Å². The summed E-state index contributed by atoms with van der Waals surface area (Å²) in [4.78, 5) is 42.9. The standard InChI is InChI=1S/C33H44BrFN2O7/c1-8-42-31(39)22-12-13-28(35)24(17-22)25-18-27(34)26(19-29(25)43-16-10-15-41-7)30(38)37(21(2)3)23-11-9-14-36(20-23)32(40)44-33(4,5)6/h12-13,17-19,21,23H,8-11,14-16,20H2,1-7H3/t23-/m1/s1. The van der Waals surface area contributed by atoms with Gasteiger partial charge in [-0.2, -0.15) is 0 Å². The first-order valence-electron chi connectivity index (χ1n) is 15.0. The van der Waals surface area contributed by atoms with Crippen molar-refractivity contribution in [2.24, 2.45) is 0 Å². The number of nitrogens with zero attached hydrogens (tertiary/aromatic N) is 2. The molecule has 2 aromatic rings. The molecule has 0 bridgehead atoms. The number of ether oxygens (including phenoxy) is 4. The number of hydrogen-bond acceptors (Lipinski definition) is 7. The molecule has 0 radical (unpaired) electrons. The highest BCUT2D eigenvalue weighted by Gasteiger charge is 2.35. The molecule has 0 saturated carbocycles. The predicted molar refractivity (Wildman–Crippen MR) is 170 cm³/mol. The first kappa shape index (κ1) is 35.3. The quantitative estimate of drug-likeness (QED) is 0.185. The third-order valence-electron chi connectivity index (χ3n) is 7.05. The van der Waals surface area contributed by atoms with Crippen molar-refractivity contribution in [3.05, 3.63) is 51.7 Å². The molecule has 1 aliphatic rings. The summed E-state index contributed by atoms with van der Waals surface area (Å²) in [6, 6.07) is 6.83. The van der Waals surface area contributed by atoms with E-state index in [4.69, 9.17) is 18.9 Å². The smallest absolute Gasteiger partial charge is 0.410 e. The number of rotatable bonds is 11. The van der Waals surface area contributed by atoms with E-state index >= 15 is 4.39 Å². The van der Waals surface area contributed by atoms with E-state index in [1.165, 1.54) is 18.2 Å². The van der Waals surface area contributed by atoms with Crippen molar-refractivity contribution in [3.8, 4) is 16.9 Å². The van der Waals surface area contributed by atoms with Crippen molar-refractivity contribution in [2.45, 2.75) is 78.5 Å². The predicted octanol–water partition coefficient (Wildman–Crippen LogP) is 7.10. The van der Waals surface area contributed by atoms with Gasteiger partial charge < -0.3 is 28.7 Å². The minimum absolute atomic E-state index is 0.137. The number of benzene rings is 2. The zero-order valence-electron chi connectivity index (χ0n) is 26.7. The molecule has 1 heterocycles. The lowest BCUT2D eigenvalue weighted by atomic mass is 9.98. The van der Waals surface area contributed by atoms with Crippen LogP contribution >= 0.6 is 15.9 Å². The lowest BCUT2D eigenvalue weighted by Crippen LogP contribution is -2.54. The number of methoxy groups -OCH3 is 1. The van der Waals surface area contributed by atoms with Crippen LogP contribution < -0.4 is 4.74 Å². The van der Waals surface area contributed by atoms with Crippen LogP contribution in [0, 0.1) is 5.82 Å². The van der Waals surface area contributed by atoms with Gasteiger partial charge in [-0.15, -0.1) is 0 Å². The van der Waals surface area contributed by atoms with Crippen molar-refractivity contribution in [2.75, 3.05) is 40.0 Å². The largest absolute Gasteiger partial charge is 0.493 e. The third kappa shape index (κ3) is 9.17. The van der Waals surface area contributed by atoms with Crippen LogP contribution in [0.4, 0.5) is 9.18 Å². The van der Waals surface area contributed by atoms with Crippen molar-refractivity contribution < 1.29 is 37.7 Å². The van der Waals surface area contributed by atoms with Gasteiger partial charge in [-0.1, -0.05) is 0 Å². The molecular weight excluding hydrogens is 635 g/mol. The lowest BCUT2D eigenvalue weighted by molar-refractivity contribution is 0.00749. The van der Waals surface area contributed by atoms with Gasteiger partial charge >= 0.3 is 12.1 Å². The number of amides is 2. The van der Waals surface area contributed by atoms with Gasteiger partial charge in [0.05, 0.1) is 30.4 Å². The minimum atomic E-state index is -0.626. The lowest BCUT2D eigenvalue weighted by Gasteiger charge is -2.41. The first-order chi connectivity index (χ1) is 20.8. The third-order valence-corrected chi connectivity index (χ3v) is 7.71. The van der Waals surface area contributed by atoms with E-state index in [0.29, 0.717) is 41.7 Å². The normalized spacial score (nSPS) is 15.2. The van der Waals surface area contributed by atoms with E-state index in [9.17, 15) is 14.4 Å². The van der Waals surface area contributed by atoms with Crippen molar-refractivity contribution in [1.29, 1.82) is 0 Å². The van der Waals surface area contributed by atoms with Gasteiger partial charge in [0.25, 0.3) is 5.91 Å². The fourth-order valence-electron chi connectivity index (χ4n) is 5.14. The van der Waals surface area contributed by atoms with Gasteiger partial charge in [-0.3, -0.25) is 4.79 Å². The van der Waals surface area contributed by atoms with Crippen LogP contribution in [0.2, 0.25) is 0 Å². The number of likely N-dealkylation sites (tertiary alicyclic amines) is 1. The Morgan fingerprint density at radius 1 is 1.11 bits per heavy atom. The van der Waals surface area contributed by atoms with Crippen LogP contribution in [0.3, 0.4) is 0 Å². The molecule has 1 fully saturated rings. The molecule has 11 heteroatoms. The minimum Gasteiger partial charge on any atom is -0.493 e. The number of carbonyl (C=O) groups excluding carboxylic acids is 3. The topological polar surface area (TPSA) is 94.6 Å². The summed E-state index contributed by atoms with van der Waals surface area (Å²) in [5, 5.41) is 0. The highest BCUT2D eigenvalue weighted by molar-refractivity contribution is 9.10. The average Bonchev–Trinajstić information content (AvgIpc) is 2.95. The van der Waals surface area contributed by atoms with E-state index in [1.807, 2.05) is 34.6 Å². The highest BCUT2D eigenvalue weighted by Crippen LogP contribution is 2.38. The van der Waals surface area contributed by atoms with Gasteiger partial charge in [-0.25, -0.2) is 14.0 Å². The van der Waals surface area contributed by atoms with E-state index in [1.54, 1.807) is 36.0 Å². The number of carbonyl (C=O) groups is 3. The Balaban J connectivity index is 2.02. The second-order valence-electron chi connectivity index (χ2n) is 12.0. The van der Waals surface area contributed by atoms with Crippen LogP contribution in [0.25, 0.3) is 11.1 Å². The fourth-order valence-corrected chi connectivity index (χ4v) is 5.65. The van der Waals surface area contributed by atoms with Crippen molar-refractivity contribution in [1.82, 2.24) is 9.80 Å². The second-order valence-corrected chi connectivity index (χ2v) is 12.8. The maximum atomic E-state index is 15.2. The Morgan fingerprint density at radius 2 is 1.84 bits per heavy atom. The number of halogens is 2. The van der Waals surface area contributed by atoms with Crippen molar-refractivity contribution in [3.63, 3.8) is 0 Å². The molecule has 1 saturated heterocycles. The molecule has 3 rings (SSSR count). The van der Waals surface area contributed by atoms with Gasteiger partial charge in [0, 0.05) is 54.9 Å². The van der Waals surface area contributed by atoms with Gasteiger partial charge in [0.2, 0.25) is 0 Å². The highest BCUT2D eigenvalue weighted by atomic mass is 79.9. The zero-order valence-corrected chi connectivity index (χ0v) is 28.3. The van der Waals surface area contributed by atoms with Crippen LogP contribution in [0.1, 0.15) is 81.5 Å². The maximum Gasteiger partial charge on any atom is 0.410 e. The average molecular weight is 680 g/mol. The molecule has 1 aliphatic heterocycles.